The number of rotatable bonds is 9. The smallest absolute Gasteiger partial charge is 0.333 e. The van der Waals surface area contributed by atoms with E-state index in [1.165, 1.54) is 12.5 Å². The van der Waals surface area contributed by atoms with Crippen molar-refractivity contribution < 1.29 is 17.4 Å². The van der Waals surface area contributed by atoms with Crippen LogP contribution in [-0.4, -0.2) is 46.4 Å². The maximum absolute atomic E-state index is 13.8. The van der Waals surface area contributed by atoms with Crippen LogP contribution < -0.4 is 10.5 Å². The van der Waals surface area contributed by atoms with Crippen LogP contribution in [0, 0.1) is 5.92 Å². The summed E-state index contributed by atoms with van der Waals surface area (Å²) >= 11 is 3.51. The van der Waals surface area contributed by atoms with E-state index in [0.717, 1.165) is 28.3 Å². The topological polar surface area (TPSA) is 142 Å². The Labute approximate surface area is 222 Å². The number of hydrogen-bond donors (Lipinski definition) is 2. The van der Waals surface area contributed by atoms with Crippen LogP contribution in [0.3, 0.4) is 0 Å². The van der Waals surface area contributed by atoms with Gasteiger partial charge >= 0.3 is 10.3 Å². The Kier molecular flexibility index (Phi) is 7.33. The van der Waals surface area contributed by atoms with Crippen molar-refractivity contribution in [2.75, 3.05) is 11.9 Å². The van der Waals surface area contributed by atoms with Gasteiger partial charge in [0, 0.05) is 46.6 Å². The first kappa shape index (κ1) is 25.5. The molecule has 0 amide bonds. The van der Waals surface area contributed by atoms with Gasteiger partial charge in [-0.15, -0.1) is 0 Å². The van der Waals surface area contributed by atoms with E-state index in [1.807, 2.05) is 47.2 Å². The molecule has 37 heavy (non-hydrogen) atoms. The van der Waals surface area contributed by atoms with Crippen molar-refractivity contribution in [2.45, 2.75) is 31.8 Å². The number of benzene rings is 1. The van der Waals surface area contributed by atoms with Crippen molar-refractivity contribution in [3.05, 3.63) is 82.5 Å². The molecule has 0 saturated heterocycles. The lowest BCUT2D eigenvalue weighted by molar-refractivity contribution is 0.104. The molecule has 1 aliphatic rings. The van der Waals surface area contributed by atoms with Crippen molar-refractivity contribution in [3.8, 4) is 0 Å². The van der Waals surface area contributed by atoms with E-state index in [9.17, 15) is 13.2 Å². The van der Waals surface area contributed by atoms with Crippen LogP contribution in [0.15, 0.2) is 65.8 Å². The number of carbonyl (C=O) groups excluding carboxylic acids is 1. The van der Waals surface area contributed by atoms with Crippen LogP contribution in [0.2, 0.25) is 0 Å². The van der Waals surface area contributed by atoms with E-state index >= 15 is 0 Å². The minimum atomic E-state index is -3.97. The first-order chi connectivity index (χ1) is 17.8. The van der Waals surface area contributed by atoms with Crippen molar-refractivity contribution in [1.29, 1.82) is 0 Å². The number of pyridine rings is 1. The second-order valence-electron chi connectivity index (χ2n) is 9.09. The van der Waals surface area contributed by atoms with Crippen molar-refractivity contribution in [2.24, 2.45) is 11.1 Å². The Morgan fingerprint density at radius 2 is 2.05 bits per heavy atom. The molecule has 10 nitrogen and oxygen atoms in total. The Hall–Kier alpha value is -3.19. The zero-order valence-electron chi connectivity index (χ0n) is 19.7. The van der Waals surface area contributed by atoms with Crippen LogP contribution >= 0.6 is 15.9 Å². The number of anilines is 1. The van der Waals surface area contributed by atoms with Crippen molar-refractivity contribution in [3.63, 3.8) is 0 Å². The SMILES string of the molecule is NS(=O)(=O)OC[C@@H]1CC[C@H](Nc2ncncc2C(=O)c2cn(Cc3cccc(Br)c3)c3ncccc23)C1. The largest absolute Gasteiger partial charge is 0.367 e. The molecule has 0 spiro atoms. The van der Waals surface area contributed by atoms with Crippen LogP contribution in [0.25, 0.3) is 11.0 Å². The number of halogens is 1. The minimum Gasteiger partial charge on any atom is -0.367 e. The van der Waals surface area contributed by atoms with Gasteiger partial charge in [0.05, 0.1) is 12.2 Å². The number of nitrogens with two attached hydrogens (primary N) is 1. The third kappa shape index (κ3) is 6.04. The van der Waals surface area contributed by atoms with Gasteiger partial charge in [0.1, 0.15) is 17.8 Å². The Bertz CT molecular complexity index is 1560. The zero-order valence-corrected chi connectivity index (χ0v) is 22.2. The molecule has 1 aliphatic carbocycles. The molecule has 0 unspecified atom stereocenters. The molecule has 3 aromatic heterocycles. The molecule has 1 fully saturated rings. The van der Waals surface area contributed by atoms with Crippen LogP contribution in [0.5, 0.6) is 0 Å². The predicted molar refractivity (Wildman–Crippen MR) is 142 cm³/mol. The van der Waals surface area contributed by atoms with E-state index < -0.39 is 10.3 Å². The summed E-state index contributed by atoms with van der Waals surface area (Å²) < 4.78 is 29.9. The number of carbonyl (C=O) groups is 1. The van der Waals surface area contributed by atoms with Crippen LogP contribution in [0.1, 0.15) is 40.7 Å². The van der Waals surface area contributed by atoms with Crippen LogP contribution in [-0.2, 0) is 21.0 Å². The predicted octanol–water partition coefficient (Wildman–Crippen LogP) is 3.67. The zero-order chi connectivity index (χ0) is 26.0. The lowest BCUT2D eigenvalue weighted by Crippen LogP contribution is -2.22. The summed E-state index contributed by atoms with van der Waals surface area (Å²) in [5.41, 5.74) is 2.66. The molecule has 2 atom stereocenters. The number of aromatic nitrogens is 4. The van der Waals surface area contributed by atoms with E-state index in [2.05, 4.69) is 36.2 Å². The standard InChI is InChI=1S/C25H25BrN6O4S/c26-18-4-1-3-16(9-18)12-32-13-22(20-5-2-8-29-25(20)32)23(33)21-11-28-15-30-24(21)31-19-7-6-17(10-19)14-36-37(27,34)35/h1-5,8-9,11,13,15,17,19H,6-7,10,12,14H2,(H2,27,34,35)(H,28,30,31)/t17-,19+/m1/s1. The van der Waals surface area contributed by atoms with Gasteiger partial charge in [-0.2, -0.15) is 8.42 Å². The van der Waals surface area contributed by atoms with Gasteiger partial charge in [-0.1, -0.05) is 28.1 Å². The average molecular weight is 585 g/mol. The Morgan fingerprint density at radius 1 is 1.19 bits per heavy atom. The minimum absolute atomic E-state index is 0.00932. The fourth-order valence-corrected chi connectivity index (χ4v) is 5.58. The number of ketones is 1. The molecule has 0 aliphatic heterocycles. The molecular formula is C25H25BrN6O4S. The summed E-state index contributed by atoms with van der Waals surface area (Å²) in [7, 11) is -3.97. The van der Waals surface area contributed by atoms with Gasteiger partial charge in [0.25, 0.3) is 0 Å². The normalized spacial score (nSPS) is 17.8. The van der Waals surface area contributed by atoms with Gasteiger partial charge in [-0.3, -0.25) is 8.98 Å². The summed E-state index contributed by atoms with van der Waals surface area (Å²) in [6.45, 7) is 0.595. The highest BCUT2D eigenvalue weighted by Gasteiger charge is 2.28. The maximum atomic E-state index is 13.8. The van der Waals surface area contributed by atoms with Gasteiger partial charge in [-0.25, -0.2) is 20.1 Å². The first-order valence-electron chi connectivity index (χ1n) is 11.7. The molecule has 5 rings (SSSR count). The first-order valence-corrected chi connectivity index (χ1v) is 14.0. The number of nitrogens with zero attached hydrogens (tertiary/aromatic N) is 4. The van der Waals surface area contributed by atoms with Gasteiger partial charge < -0.3 is 9.88 Å². The van der Waals surface area contributed by atoms with Gasteiger partial charge in [0.15, 0.2) is 0 Å². The summed E-state index contributed by atoms with van der Waals surface area (Å²) in [5, 5.41) is 9.04. The quantitative estimate of drug-likeness (QED) is 0.284. The Balaban J connectivity index is 1.39. The summed E-state index contributed by atoms with van der Waals surface area (Å²) in [6.07, 6.45) is 8.68. The van der Waals surface area contributed by atoms with Gasteiger partial charge in [-0.05, 0) is 55.0 Å². The highest BCUT2D eigenvalue weighted by molar-refractivity contribution is 9.10. The third-order valence-electron chi connectivity index (χ3n) is 6.43. The second kappa shape index (κ2) is 10.7. The maximum Gasteiger partial charge on any atom is 0.333 e. The number of fused-ring (bicyclic) bond motifs is 1. The van der Waals surface area contributed by atoms with Gasteiger partial charge in [0.2, 0.25) is 5.78 Å². The Morgan fingerprint density at radius 3 is 2.86 bits per heavy atom. The van der Waals surface area contributed by atoms with Crippen LogP contribution in [0.4, 0.5) is 5.82 Å². The molecule has 0 bridgehead atoms. The molecule has 3 N–H and O–H groups in total. The highest BCUT2D eigenvalue weighted by atomic mass is 79.9. The lowest BCUT2D eigenvalue weighted by Gasteiger charge is -2.16. The highest BCUT2D eigenvalue weighted by Crippen LogP contribution is 2.30. The third-order valence-corrected chi connectivity index (χ3v) is 7.39. The molecular weight excluding hydrogens is 560 g/mol. The molecule has 0 radical (unpaired) electrons. The molecule has 1 aromatic carbocycles. The molecule has 192 valence electrons. The summed E-state index contributed by atoms with van der Waals surface area (Å²) in [6, 6.07) is 11.7. The van der Waals surface area contributed by atoms with Crippen molar-refractivity contribution >= 4 is 48.9 Å². The molecule has 1 saturated carbocycles. The summed E-state index contributed by atoms with van der Waals surface area (Å²) in [4.78, 5) is 26.8. The van der Waals surface area contributed by atoms with E-state index in [-0.39, 0.29) is 24.3 Å². The monoisotopic (exact) mass is 584 g/mol. The fourth-order valence-electron chi connectivity index (χ4n) is 4.75. The van der Waals surface area contributed by atoms with E-state index in [1.54, 1.807) is 6.20 Å². The lowest BCUT2D eigenvalue weighted by atomic mass is 10.0. The number of hydrogen-bond acceptors (Lipinski definition) is 8. The van der Waals surface area contributed by atoms with E-state index in [4.69, 9.17) is 9.32 Å². The van der Waals surface area contributed by atoms with E-state index in [0.29, 0.717) is 35.6 Å². The molecule has 12 heteroatoms. The number of nitrogens with one attached hydrogen (secondary N) is 1. The fraction of sp³-hybridized carbons (Fsp3) is 0.280. The molecule has 3 heterocycles. The van der Waals surface area contributed by atoms with Crippen molar-refractivity contribution in [1.82, 2.24) is 19.5 Å². The average Bonchev–Trinajstić information content (AvgIpc) is 3.47. The summed E-state index contributed by atoms with van der Waals surface area (Å²) in [5.74, 6) is 0.273. The molecule has 4 aromatic rings. The second-order valence-corrected chi connectivity index (χ2v) is 11.2.